The number of benzene rings is 1. The Balaban J connectivity index is 2.24. The van der Waals surface area contributed by atoms with E-state index in [0.29, 0.717) is 6.04 Å². The lowest BCUT2D eigenvalue weighted by molar-refractivity contribution is 0.501. The molecule has 1 nitrogen and oxygen atoms in total. The molecule has 1 unspecified atom stereocenters. The van der Waals surface area contributed by atoms with Gasteiger partial charge in [-0.05, 0) is 49.7 Å². The number of nitrogens with one attached hydrogen (secondary N) is 1. The Morgan fingerprint density at radius 2 is 2.00 bits per heavy atom. The molecule has 0 aliphatic heterocycles. The molecule has 0 fully saturated rings. The summed E-state index contributed by atoms with van der Waals surface area (Å²) in [6, 6.07) is 10.9. The molecule has 1 N–H and O–H groups in total. The van der Waals surface area contributed by atoms with E-state index in [1.54, 1.807) is 0 Å². The van der Waals surface area contributed by atoms with Crippen LogP contribution in [0.5, 0.6) is 0 Å². The van der Waals surface area contributed by atoms with Gasteiger partial charge in [-0.1, -0.05) is 47.8 Å². The van der Waals surface area contributed by atoms with Crippen molar-refractivity contribution >= 4 is 38.9 Å². The number of thiophene rings is 1. The van der Waals surface area contributed by atoms with Crippen LogP contribution >= 0.6 is 38.9 Å². The number of rotatable bonds is 7. The van der Waals surface area contributed by atoms with E-state index in [4.69, 9.17) is 11.6 Å². The molecule has 0 radical (unpaired) electrons. The highest BCUT2D eigenvalue weighted by molar-refractivity contribution is 9.10. The summed E-state index contributed by atoms with van der Waals surface area (Å²) in [5.74, 6) is 0. The SMILES string of the molecule is CCCNC(CCC)c1ccc(-c2cc(Cl)ccc2Br)s1. The van der Waals surface area contributed by atoms with Gasteiger partial charge in [-0.15, -0.1) is 11.3 Å². The summed E-state index contributed by atoms with van der Waals surface area (Å²) in [5.41, 5.74) is 1.17. The molecule has 0 bridgehead atoms. The second kappa shape index (κ2) is 8.33. The molecule has 0 aliphatic rings. The third-order valence-corrected chi connectivity index (χ3v) is 5.54. The molecule has 0 amide bonds. The van der Waals surface area contributed by atoms with Gasteiger partial charge in [0.05, 0.1) is 0 Å². The normalized spacial score (nSPS) is 12.6. The topological polar surface area (TPSA) is 12.0 Å². The predicted octanol–water partition coefficient (Wildman–Crippen LogP) is 6.67. The van der Waals surface area contributed by atoms with Gasteiger partial charge >= 0.3 is 0 Å². The van der Waals surface area contributed by atoms with Crippen molar-refractivity contribution in [3.63, 3.8) is 0 Å². The maximum absolute atomic E-state index is 6.13. The van der Waals surface area contributed by atoms with Gasteiger partial charge in [-0.25, -0.2) is 0 Å². The molecule has 1 aromatic heterocycles. The summed E-state index contributed by atoms with van der Waals surface area (Å²) in [4.78, 5) is 2.67. The second-order valence-corrected chi connectivity index (χ2v) is 7.53. The minimum Gasteiger partial charge on any atom is -0.309 e. The minimum absolute atomic E-state index is 0.464. The van der Waals surface area contributed by atoms with Crippen molar-refractivity contribution in [1.82, 2.24) is 5.32 Å². The number of hydrogen-bond donors (Lipinski definition) is 1. The van der Waals surface area contributed by atoms with Crippen LogP contribution in [0.15, 0.2) is 34.8 Å². The molecule has 4 heteroatoms. The fourth-order valence-electron chi connectivity index (χ4n) is 2.32. The molecule has 1 atom stereocenters. The fourth-order valence-corrected chi connectivity index (χ4v) is 4.24. The lowest BCUT2D eigenvalue weighted by atomic mass is 10.1. The predicted molar refractivity (Wildman–Crippen MR) is 98.4 cm³/mol. The average molecular weight is 387 g/mol. The summed E-state index contributed by atoms with van der Waals surface area (Å²) in [6.07, 6.45) is 3.53. The Kier molecular flexibility index (Phi) is 6.74. The molecular weight excluding hydrogens is 366 g/mol. The van der Waals surface area contributed by atoms with Crippen LogP contribution < -0.4 is 5.32 Å². The van der Waals surface area contributed by atoms with E-state index in [2.05, 4.69) is 47.2 Å². The highest BCUT2D eigenvalue weighted by Crippen LogP contribution is 2.37. The van der Waals surface area contributed by atoms with Gasteiger partial charge in [-0.3, -0.25) is 0 Å². The van der Waals surface area contributed by atoms with Crippen molar-refractivity contribution in [3.05, 3.63) is 44.7 Å². The monoisotopic (exact) mass is 385 g/mol. The number of halogens is 2. The second-order valence-electron chi connectivity index (χ2n) is 5.12. The summed E-state index contributed by atoms with van der Waals surface area (Å²) in [6.45, 7) is 5.51. The van der Waals surface area contributed by atoms with Gasteiger partial charge in [0.15, 0.2) is 0 Å². The van der Waals surface area contributed by atoms with Gasteiger partial charge in [0.2, 0.25) is 0 Å². The van der Waals surface area contributed by atoms with Crippen molar-refractivity contribution in [2.45, 2.75) is 39.2 Å². The quantitative estimate of drug-likeness (QED) is 0.560. The van der Waals surface area contributed by atoms with Crippen LogP contribution in [0.4, 0.5) is 0 Å². The van der Waals surface area contributed by atoms with Gasteiger partial charge in [0.1, 0.15) is 0 Å². The van der Waals surface area contributed by atoms with Crippen molar-refractivity contribution in [2.75, 3.05) is 6.54 Å². The Morgan fingerprint density at radius 1 is 1.19 bits per heavy atom. The first-order chi connectivity index (χ1) is 10.2. The molecule has 0 saturated carbocycles. The van der Waals surface area contributed by atoms with Crippen molar-refractivity contribution < 1.29 is 0 Å². The summed E-state index contributed by atoms with van der Waals surface area (Å²) in [5, 5.41) is 4.43. The molecule has 1 heterocycles. The Morgan fingerprint density at radius 3 is 2.71 bits per heavy atom. The van der Waals surface area contributed by atoms with Crippen LogP contribution in [-0.2, 0) is 0 Å². The largest absolute Gasteiger partial charge is 0.309 e. The van der Waals surface area contributed by atoms with Gasteiger partial charge in [0, 0.05) is 30.9 Å². The minimum atomic E-state index is 0.464. The Bertz CT molecular complexity index is 582. The van der Waals surface area contributed by atoms with Gasteiger partial charge in [-0.2, -0.15) is 0 Å². The molecule has 1 aromatic carbocycles. The summed E-state index contributed by atoms with van der Waals surface area (Å²) in [7, 11) is 0. The van der Waals surface area contributed by atoms with E-state index < -0.39 is 0 Å². The molecule has 114 valence electrons. The summed E-state index contributed by atoms with van der Waals surface area (Å²) < 4.78 is 1.09. The maximum atomic E-state index is 6.13. The fraction of sp³-hybridized carbons (Fsp3) is 0.412. The highest BCUT2D eigenvalue weighted by atomic mass is 79.9. The summed E-state index contributed by atoms with van der Waals surface area (Å²) >= 11 is 11.6. The first kappa shape index (κ1) is 17.0. The zero-order valence-corrected chi connectivity index (χ0v) is 15.6. The first-order valence-electron chi connectivity index (χ1n) is 7.44. The Hall–Kier alpha value is -0.350. The van der Waals surface area contributed by atoms with Crippen LogP contribution in [0.1, 0.15) is 44.0 Å². The van der Waals surface area contributed by atoms with Crippen LogP contribution in [-0.4, -0.2) is 6.54 Å². The van der Waals surface area contributed by atoms with Crippen LogP contribution in [0, 0.1) is 0 Å². The van der Waals surface area contributed by atoms with E-state index in [0.717, 1.165) is 22.5 Å². The zero-order chi connectivity index (χ0) is 15.2. The number of hydrogen-bond acceptors (Lipinski definition) is 2. The van der Waals surface area contributed by atoms with Gasteiger partial charge in [0.25, 0.3) is 0 Å². The first-order valence-corrected chi connectivity index (χ1v) is 9.43. The standard InChI is InChI=1S/C17H21BrClNS/c1-3-5-15(20-10-4-2)17-9-8-16(21-17)13-11-12(19)6-7-14(13)18/h6-9,11,15,20H,3-5,10H2,1-2H3. The maximum Gasteiger partial charge on any atom is 0.0414 e. The molecule has 0 spiro atoms. The van der Waals surface area contributed by atoms with Crippen LogP contribution in [0.3, 0.4) is 0 Å². The van der Waals surface area contributed by atoms with E-state index in [9.17, 15) is 0 Å². The third kappa shape index (κ3) is 4.56. The lowest BCUT2D eigenvalue weighted by Crippen LogP contribution is -2.21. The van der Waals surface area contributed by atoms with Crippen molar-refractivity contribution in [1.29, 1.82) is 0 Å². The van der Waals surface area contributed by atoms with E-state index in [1.807, 2.05) is 29.5 Å². The van der Waals surface area contributed by atoms with Crippen LogP contribution in [0.25, 0.3) is 10.4 Å². The lowest BCUT2D eigenvalue weighted by Gasteiger charge is -2.16. The smallest absolute Gasteiger partial charge is 0.0414 e. The van der Waals surface area contributed by atoms with Crippen LogP contribution in [0.2, 0.25) is 5.02 Å². The Labute approximate surface area is 144 Å². The van der Waals surface area contributed by atoms with Crippen molar-refractivity contribution in [2.24, 2.45) is 0 Å². The molecule has 2 aromatic rings. The molecule has 21 heavy (non-hydrogen) atoms. The molecule has 0 saturated heterocycles. The molecular formula is C17H21BrClNS. The van der Waals surface area contributed by atoms with E-state index >= 15 is 0 Å². The van der Waals surface area contributed by atoms with E-state index in [-0.39, 0.29) is 0 Å². The van der Waals surface area contributed by atoms with E-state index in [1.165, 1.54) is 28.2 Å². The third-order valence-electron chi connectivity index (χ3n) is 3.38. The van der Waals surface area contributed by atoms with Crippen molar-refractivity contribution in [3.8, 4) is 10.4 Å². The molecule has 0 aliphatic carbocycles. The van der Waals surface area contributed by atoms with Gasteiger partial charge < -0.3 is 5.32 Å². The zero-order valence-electron chi connectivity index (χ0n) is 12.5. The average Bonchev–Trinajstić information content (AvgIpc) is 2.95. The highest BCUT2D eigenvalue weighted by Gasteiger charge is 2.14. The molecule has 2 rings (SSSR count).